The lowest BCUT2D eigenvalue weighted by atomic mass is 10.2. The number of hydrogen-bond donors (Lipinski definition) is 2. The molecule has 2 aromatic rings. The van der Waals surface area contributed by atoms with Crippen LogP contribution in [-0.4, -0.2) is 19.1 Å². The number of hydrogen-bond acceptors (Lipinski definition) is 3. The fourth-order valence-electron chi connectivity index (χ4n) is 2.01. The lowest BCUT2D eigenvalue weighted by Gasteiger charge is -2.10. The van der Waals surface area contributed by atoms with Crippen LogP contribution in [0, 0.1) is 6.92 Å². The molecule has 2 rings (SSSR count). The molecule has 0 bridgehead atoms. The maximum absolute atomic E-state index is 12.0. The molecular formula is C19H22N2O2. The van der Waals surface area contributed by atoms with Crippen molar-refractivity contribution in [3.63, 3.8) is 0 Å². The smallest absolute Gasteiger partial charge is 0.243 e. The van der Waals surface area contributed by atoms with Crippen LogP contribution < -0.4 is 15.4 Å². The Bertz CT molecular complexity index is 695. The fraction of sp³-hybridized carbons (Fsp3) is 0.211. The Kier molecular flexibility index (Phi) is 5.80. The lowest BCUT2D eigenvalue weighted by Crippen LogP contribution is -2.21. The second-order valence-corrected chi connectivity index (χ2v) is 5.54. The Morgan fingerprint density at radius 1 is 1.13 bits per heavy atom. The molecule has 0 saturated carbocycles. The third kappa shape index (κ3) is 5.87. The third-order valence-electron chi connectivity index (χ3n) is 3.07. The van der Waals surface area contributed by atoms with E-state index >= 15 is 0 Å². The van der Waals surface area contributed by atoms with Crippen LogP contribution in [0.15, 0.2) is 60.7 Å². The van der Waals surface area contributed by atoms with E-state index in [1.807, 2.05) is 56.3 Å². The molecule has 0 atom stereocenters. The number of rotatable bonds is 7. The number of aryl methyl sites for hydroxylation is 1. The number of ether oxygens (including phenoxy) is 1. The Labute approximate surface area is 137 Å². The Morgan fingerprint density at radius 3 is 2.61 bits per heavy atom. The molecule has 0 unspecified atom stereocenters. The van der Waals surface area contributed by atoms with Gasteiger partial charge in [0.25, 0.3) is 0 Å². The molecule has 0 aliphatic heterocycles. The average molecular weight is 310 g/mol. The number of benzene rings is 2. The van der Waals surface area contributed by atoms with E-state index < -0.39 is 0 Å². The predicted octanol–water partition coefficient (Wildman–Crippen LogP) is 4.00. The topological polar surface area (TPSA) is 50.4 Å². The quantitative estimate of drug-likeness (QED) is 0.760. The predicted molar refractivity (Wildman–Crippen MR) is 95.0 cm³/mol. The van der Waals surface area contributed by atoms with Crippen LogP contribution in [0.25, 0.3) is 0 Å². The molecule has 0 fully saturated rings. The van der Waals surface area contributed by atoms with Crippen molar-refractivity contribution >= 4 is 17.3 Å². The van der Waals surface area contributed by atoms with E-state index in [9.17, 15) is 4.79 Å². The molecule has 0 aromatic heterocycles. The Balaban J connectivity index is 1.87. The van der Waals surface area contributed by atoms with Crippen molar-refractivity contribution in [2.24, 2.45) is 0 Å². The van der Waals surface area contributed by atoms with Gasteiger partial charge in [-0.05, 0) is 49.2 Å². The molecule has 0 saturated heterocycles. The van der Waals surface area contributed by atoms with Crippen LogP contribution >= 0.6 is 0 Å². The highest BCUT2D eigenvalue weighted by molar-refractivity contribution is 5.93. The van der Waals surface area contributed by atoms with Crippen LogP contribution in [0.3, 0.4) is 0 Å². The van der Waals surface area contributed by atoms with Crippen molar-refractivity contribution < 1.29 is 9.53 Å². The second kappa shape index (κ2) is 8.03. The summed E-state index contributed by atoms with van der Waals surface area (Å²) in [6.07, 6.45) is 0. The maximum atomic E-state index is 12.0. The van der Waals surface area contributed by atoms with Crippen LogP contribution in [0.5, 0.6) is 5.75 Å². The fourth-order valence-corrected chi connectivity index (χ4v) is 2.01. The van der Waals surface area contributed by atoms with Crippen molar-refractivity contribution in [1.82, 2.24) is 0 Å². The van der Waals surface area contributed by atoms with E-state index in [1.54, 1.807) is 6.07 Å². The summed E-state index contributed by atoms with van der Waals surface area (Å²) in [5.74, 6) is 0.598. The zero-order valence-corrected chi connectivity index (χ0v) is 13.6. The van der Waals surface area contributed by atoms with Crippen molar-refractivity contribution in [3.8, 4) is 5.75 Å². The molecule has 0 aliphatic carbocycles. The Morgan fingerprint density at radius 2 is 1.87 bits per heavy atom. The number of nitrogens with one attached hydrogen (secondary N) is 2. The lowest BCUT2D eigenvalue weighted by molar-refractivity contribution is -0.114. The largest absolute Gasteiger partial charge is 0.489 e. The summed E-state index contributed by atoms with van der Waals surface area (Å²) in [6.45, 7) is 8.39. The van der Waals surface area contributed by atoms with Gasteiger partial charge < -0.3 is 15.4 Å². The SMILES string of the molecule is C=C(C)COc1cccc(NC(=O)CNc2cccc(C)c2)c1. The van der Waals surface area contributed by atoms with Crippen LogP contribution in [-0.2, 0) is 4.79 Å². The first-order valence-electron chi connectivity index (χ1n) is 7.50. The maximum Gasteiger partial charge on any atom is 0.243 e. The van der Waals surface area contributed by atoms with Gasteiger partial charge in [-0.2, -0.15) is 0 Å². The highest BCUT2D eigenvalue weighted by Crippen LogP contribution is 2.18. The first kappa shape index (κ1) is 16.6. The van der Waals surface area contributed by atoms with Gasteiger partial charge >= 0.3 is 0 Å². The van der Waals surface area contributed by atoms with Crippen LogP contribution in [0.4, 0.5) is 11.4 Å². The number of carbonyl (C=O) groups is 1. The van der Waals surface area contributed by atoms with Gasteiger partial charge in [0.15, 0.2) is 0 Å². The molecule has 120 valence electrons. The zero-order valence-electron chi connectivity index (χ0n) is 13.6. The summed E-state index contributed by atoms with van der Waals surface area (Å²) in [6, 6.07) is 15.2. The van der Waals surface area contributed by atoms with Gasteiger partial charge in [0.1, 0.15) is 12.4 Å². The van der Waals surface area contributed by atoms with E-state index in [2.05, 4.69) is 17.2 Å². The molecule has 23 heavy (non-hydrogen) atoms. The molecule has 0 heterocycles. The molecule has 2 N–H and O–H groups in total. The van der Waals surface area contributed by atoms with E-state index in [1.165, 1.54) is 0 Å². The van der Waals surface area contributed by atoms with Gasteiger partial charge in [0, 0.05) is 17.4 Å². The summed E-state index contributed by atoms with van der Waals surface area (Å²) >= 11 is 0. The summed E-state index contributed by atoms with van der Waals surface area (Å²) in [5.41, 5.74) is 3.73. The van der Waals surface area contributed by atoms with Gasteiger partial charge in [-0.3, -0.25) is 4.79 Å². The molecule has 4 heteroatoms. The van der Waals surface area contributed by atoms with Gasteiger partial charge in [-0.25, -0.2) is 0 Å². The van der Waals surface area contributed by atoms with Crippen LogP contribution in [0.2, 0.25) is 0 Å². The molecule has 0 aliphatic rings. The normalized spacial score (nSPS) is 10.0. The number of amides is 1. The third-order valence-corrected chi connectivity index (χ3v) is 3.07. The minimum absolute atomic E-state index is 0.108. The highest BCUT2D eigenvalue weighted by Gasteiger charge is 2.04. The van der Waals surface area contributed by atoms with Crippen molar-refractivity contribution in [1.29, 1.82) is 0 Å². The minimum Gasteiger partial charge on any atom is -0.489 e. The van der Waals surface area contributed by atoms with E-state index in [0.717, 1.165) is 16.8 Å². The first-order valence-corrected chi connectivity index (χ1v) is 7.50. The van der Waals surface area contributed by atoms with Gasteiger partial charge in [-0.1, -0.05) is 24.8 Å². The Hall–Kier alpha value is -2.75. The molecule has 1 amide bonds. The molecule has 0 radical (unpaired) electrons. The van der Waals surface area contributed by atoms with E-state index in [-0.39, 0.29) is 12.5 Å². The standard InChI is InChI=1S/C19H22N2O2/c1-14(2)13-23-18-9-5-8-17(11-18)21-19(22)12-20-16-7-4-6-15(3)10-16/h4-11,20H,1,12-13H2,2-3H3,(H,21,22). The molecule has 2 aromatic carbocycles. The van der Waals surface area contributed by atoms with E-state index in [0.29, 0.717) is 18.0 Å². The van der Waals surface area contributed by atoms with Gasteiger partial charge in [-0.15, -0.1) is 0 Å². The summed E-state index contributed by atoms with van der Waals surface area (Å²) in [7, 11) is 0. The molecule has 4 nitrogen and oxygen atoms in total. The molecular weight excluding hydrogens is 288 g/mol. The second-order valence-electron chi connectivity index (χ2n) is 5.54. The number of carbonyl (C=O) groups excluding carboxylic acids is 1. The highest BCUT2D eigenvalue weighted by atomic mass is 16.5. The van der Waals surface area contributed by atoms with Crippen molar-refractivity contribution in [2.75, 3.05) is 23.8 Å². The average Bonchev–Trinajstić information content (AvgIpc) is 2.51. The zero-order chi connectivity index (χ0) is 16.7. The minimum atomic E-state index is -0.108. The van der Waals surface area contributed by atoms with Crippen molar-refractivity contribution in [3.05, 3.63) is 66.2 Å². The number of anilines is 2. The monoisotopic (exact) mass is 310 g/mol. The van der Waals surface area contributed by atoms with Gasteiger partial charge in [0.05, 0.1) is 6.54 Å². The molecule has 0 spiro atoms. The summed E-state index contributed by atoms with van der Waals surface area (Å²) in [5, 5.41) is 5.96. The summed E-state index contributed by atoms with van der Waals surface area (Å²) < 4.78 is 5.57. The van der Waals surface area contributed by atoms with Crippen LogP contribution in [0.1, 0.15) is 12.5 Å². The first-order chi connectivity index (χ1) is 11.0. The van der Waals surface area contributed by atoms with Gasteiger partial charge in [0.2, 0.25) is 5.91 Å². The van der Waals surface area contributed by atoms with E-state index in [4.69, 9.17) is 4.74 Å². The summed E-state index contributed by atoms with van der Waals surface area (Å²) in [4.78, 5) is 12.0. The van der Waals surface area contributed by atoms with Crippen molar-refractivity contribution in [2.45, 2.75) is 13.8 Å².